The smallest absolute Gasteiger partial charge is 0.338 e. The standard InChI is InChI=1S/C15H22N2O4S/c1-4-21-15(18)12-6-5-11(2)14(9-12)22(19,20)17(3)13-7-8-16-10-13/h5-6,9,13,16H,4,7-8,10H2,1-3H3. The summed E-state index contributed by atoms with van der Waals surface area (Å²) in [5.41, 5.74) is 0.870. The highest BCUT2D eigenvalue weighted by Crippen LogP contribution is 2.24. The number of carbonyl (C=O) groups is 1. The van der Waals surface area contributed by atoms with E-state index in [1.807, 2.05) is 0 Å². The third-order valence-corrected chi connectivity index (χ3v) is 5.96. The summed E-state index contributed by atoms with van der Waals surface area (Å²) >= 11 is 0. The third-order valence-electron chi connectivity index (χ3n) is 3.90. The van der Waals surface area contributed by atoms with Crippen LogP contribution in [0.4, 0.5) is 0 Å². The number of likely N-dealkylation sites (N-methyl/N-ethyl adjacent to an activating group) is 1. The summed E-state index contributed by atoms with van der Waals surface area (Å²) in [6.45, 7) is 5.15. The van der Waals surface area contributed by atoms with Gasteiger partial charge in [-0.3, -0.25) is 0 Å². The summed E-state index contributed by atoms with van der Waals surface area (Å²) in [7, 11) is -2.05. The molecule has 1 heterocycles. The van der Waals surface area contributed by atoms with E-state index in [9.17, 15) is 13.2 Å². The van der Waals surface area contributed by atoms with Gasteiger partial charge >= 0.3 is 5.97 Å². The first-order chi connectivity index (χ1) is 10.4. The van der Waals surface area contributed by atoms with Crippen molar-refractivity contribution < 1.29 is 17.9 Å². The lowest BCUT2D eigenvalue weighted by Gasteiger charge is -2.24. The van der Waals surface area contributed by atoms with Gasteiger partial charge in [0.25, 0.3) is 0 Å². The summed E-state index contributed by atoms with van der Waals surface area (Å²) in [5.74, 6) is -0.510. The molecule has 2 rings (SSSR count). The Morgan fingerprint density at radius 3 is 2.77 bits per heavy atom. The first-order valence-electron chi connectivity index (χ1n) is 7.34. The molecule has 1 saturated heterocycles. The van der Waals surface area contributed by atoms with Crippen LogP contribution in [0.2, 0.25) is 0 Å². The van der Waals surface area contributed by atoms with Crippen LogP contribution in [0, 0.1) is 6.92 Å². The van der Waals surface area contributed by atoms with E-state index in [2.05, 4.69) is 5.32 Å². The van der Waals surface area contributed by atoms with Crippen LogP contribution < -0.4 is 5.32 Å². The number of aryl methyl sites for hydroxylation is 1. The first-order valence-corrected chi connectivity index (χ1v) is 8.78. The lowest BCUT2D eigenvalue weighted by molar-refractivity contribution is 0.0526. The summed E-state index contributed by atoms with van der Waals surface area (Å²) in [4.78, 5) is 12.0. The van der Waals surface area contributed by atoms with Crippen molar-refractivity contribution in [3.8, 4) is 0 Å². The Kier molecular flexibility index (Phi) is 5.20. The van der Waals surface area contributed by atoms with E-state index in [0.29, 0.717) is 12.1 Å². The first kappa shape index (κ1) is 16.9. The molecule has 1 unspecified atom stereocenters. The molecule has 0 spiro atoms. The van der Waals surface area contributed by atoms with Gasteiger partial charge in [0.2, 0.25) is 10.0 Å². The number of rotatable bonds is 5. The van der Waals surface area contributed by atoms with Gasteiger partial charge < -0.3 is 10.1 Å². The number of hydrogen-bond donors (Lipinski definition) is 1. The highest BCUT2D eigenvalue weighted by atomic mass is 32.2. The Morgan fingerprint density at radius 2 is 2.18 bits per heavy atom. The molecule has 0 bridgehead atoms. The normalized spacial score (nSPS) is 18.6. The van der Waals surface area contributed by atoms with Crippen LogP contribution in [0.5, 0.6) is 0 Å². The predicted octanol–water partition coefficient (Wildman–Crippen LogP) is 1.15. The molecule has 0 aliphatic carbocycles. The SMILES string of the molecule is CCOC(=O)c1ccc(C)c(S(=O)(=O)N(C)C2CCNC2)c1. The molecule has 1 aliphatic rings. The van der Waals surface area contributed by atoms with Crippen molar-refractivity contribution in [3.05, 3.63) is 29.3 Å². The summed E-state index contributed by atoms with van der Waals surface area (Å²) in [6.07, 6.45) is 0.784. The molecule has 1 aromatic rings. The molecule has 0 aromatic heterocycles. The Balaban J connectivity index is 2.37. The zero-order chi connectivity index (χ0) is 16.3. The second kappa shape index (κ2) is 6.76. The molecule has 1 aliphatic heterocycles. The number of benzene rings is 1. The van der Waals surface area contributed by atoms with Gasteiger partial charge in [-0.05, 0) is 44.5 Å². The minimum absolute atomic E-state index is 0.0596. The van der Waals surface area contributed by atoms with Crippen molar-refractivity contribution in [2.24, 2.45) is 0 Å². The van der Waals surface area contributed by atoms with E-state index in [1.54, 1.807) is 33.0 Å². The Morgan fingerprint density at radius 1 is 1.45 bits per heavy atom. The molecule has 0 amide bonds. The molecule has 1 atom stereocenters. The van der Waals surface area contributed by atoms with Gasteiger partial charge in [-0.1, -0.05) is 6.07 Å². The highest BCUT2D eigenvalue weighted by molar-refractivity contribution is 7.89. The molecule has 0 radical (unpaired) electrons. The van der Waals surface area contributed by atoms with Crippen LogP contribution in [0.3, 0.4) is 0 Å². The number of ether oxygens (including phenoxy) is 1. The van der Waals surface area contributed by atoms with Crippen molar-refractivity contribution in [3.63, 3.8) is 0 Å². The largest absolute Gasteiger partial charge is 0.462 e. The van der Waals surface area contributed by atoms with Crippen LogP contribution in [0.15, 0.2) is 23.1 Å². The van der Waals surface area contributed by atoms with E-state index in [4.69, 9.17) is 4.74 Å². The zero-order valence-corrected chi connectivity index (χ0v) is 13.9. The van der Waals surface area contributed by atoms with E-state index < -0.39 is 16.0 Å². The lowest BCUT2D eigenvalue weighted by atomic mass is 10.1. The van der Waals surface area contributed by atoms with Gasteiger partial charge in [0.05, 0.1) is 17.1 Å². The van der Waals surface area contributed by atoms with Crippen molar-refractivity contribution in [2.45, 2.75) is 31.2 Å². The van der Waals surface area contributed by atoms with Crippen molar-refractivity contribution >= 4 is 16.0 Å². The molecule has 22 heavy (non-hydrogen) atoms. The topological polar surface area (TPSA) is 75.7 Å². The van der Waals surface area contributed by atoms with Gasteiger partial charge in [0, 0.05) is 19.6 Å². The molecular weight excluding hydrogens is 304 g/mol. The minimum atomic E-state index is -3.64. The summed E-state index contributed by atoms with van der Waals surface area (Å²) in [6, 6.07) is 4.57. The fraction of sp³-hybridized carbons (Fsp3) is 0.533. The molecule has 7 heteroatoms. The molecule has 1 N–H and O–H groups in total. The van der Waals surface area contributed by atoms with Crippen molar-refractivity contribution in [2.75, 3.05) is 26.7 Å². The number of sulfonamides is 1. The number of nitrogens with one attached hydrogen (secondary N) is 1. The number of hydrogen-bond acceptors (Lipinski definition) is 5. The van der Waals surface area contributed by atoms with Gasteiger partial charge in [-0.2, -0.15) is 4.31 Å². The fourth-order valence-electron chi connectivity index (χ4n) is 2.52. The predicted molar refractivity (Wildman–Crippen MR) is 83.4 cm³/mol. The van der Waals surface area contributed by atoms with Gasteiger partial charge in [-0.25, -0.2) is 13.2 Å². The van der Waals surface area contributed by atoms with E-state index >= 15 is 0 Å². The van der Waals surface area contributed by atoms with Crippen LogP contribution in [-0.4, -0.2) is 51.5 Å². The second-order valence-electron chi connectivity index (χ2n) is 5.37. The molecule has 0 saturated carbocycles. The second-order valence-corrected chi connectivity index (χ2v) is 7.33. The maximum Gasteiger partial charge on any atom is 0.338 e. The van der Waals surface area contributed by atoms with Crippen LogP contribution in [0.25, 0.3) is 0 Å². The average molecular weight is 326 g/mol. The third kappa shape index (κ3) is 3.31. The molecule has 6 nitrogen and oxygen atoms in total. The maximum absolute atomic E-state index is 12.8. The molecular formula is C15H22N2O4S. The Bertz CT molecular complexity index is 652. The zero-order valence-electron chi connectivity index (χ0n) is 13.1. The molecule has 1 fully saturated rings. The van der Waals surface area contributed by atoms with E-state index in [-0.39, 0.29) is 23.1 Å². The van der Waals surface area contributed by atoms with Gasteiger partial charge in [-0.15, -0.1) is 0 Å². The molecule has 122 valence electrons. The van der Waals surface area contributed by atoms with Crippen LogP contribution >= 0.6 is 0 Å². The van der Waals surface area contributed by atoms with Crippen molar-refractivity contribution in [1.82, 2.24) is 9.62 Å². The Labute approximate surface area is 131 Å². The van der Waals surface area contributed by atoms with Crippen molar-refractivity contribution in [1.29, 1.82) is 0 Å². The summed E-state index contributed by atoms with van der Waals surface area (Å²) < 4.78 is 32.0. The van der Waals surface area contributed by atoms with E-state index in [0.717, 1.165) is 13.0 Å². The molecule has 1 aromatic carbocycles. The Hall–Kier alpha value is -1.44. The minimum Gasteiger partial charge on any atom is -0.462 e. The average Bonchev–Trinajstić information content (AvgIpc) is 3.01. The van der Waals surface area contributed by atoms with E-state index in [1.165, 1.54) is 10.4 Å². The lowest BCUT2D eigenvalue weighted by Crippen LogP contribution is -2.38. The number of esters is 1. The quantitative estimate of drug-likeness (QED) is 0.822. The number of carbonyl (C=O) groups excluding carboxylic acids is 1. The monoisotopic (exact) mass is 326 g/mol. The summed E-state index contributed by atoms with van der Waals surface area (Å²) in [5, 5.41) is 3.16. The fourth-order valence-corrected chi connectivity index (χ4v) is 4.15. The van der Waals surface area contributed by atoms with Gasteiger partial charge in [0.1, 0.15) is 0 Å². The number of nitrogens with zero attached hydrogens (tertiary/aromatic N) is 1. The van der Waals surface area contributed by atoms with Crippen LogP contribution in [0.1, 0.15) is 29.3 Å². The van der Waals surface area contributed by atoms with Gasteiger partial charge in [0.15, 0.2) is 0 Å². The highest BCUT2D eigenvalue weighted by Gasteiger charge is 2.31. The van der Waals surface area contributed by atoms with Crippen LogP contribution in [-0.2, 0) is 14.8 Å². The maximum atomic E-state index is 12.8.